The number of fused-ring (bicyclic) bond motifs is 2. The molecular weight excluding hydrogens is 596 g/mol. The van der Waals surface area contributed by atoms with Crippen LogP contribution in [0.5, 0.6) is 0 Å². The lowest BCUT2D eigenvalue weighted by atomic mass is 10.4. The molecule has 0 aromatic carbocycles. The molecule has 0 amide bonds. The molecule has 2 fully saturated rings. The molecule has 6 heterocycles. The van der Waals surface area contributed by atoms with E-state index in [1.807, 2.05) is 4.57 Å². The Morgan fingerprint density at radius 1 is 0.929 bits per heavy atom. The number of quaternary nitrogens is 1. The largest absolute Gasteiger partial charge is 0.778 e. The van der Waals surface area contributed by atoms with Crippen LogP contribution in [0.4, 0.5) is 11.6 Å². The van der Waals surface area contributed by atoms with Crippen LogP contribution < -0.4 is 22.5 Å². The zero-order valence-electron chi connectivity index (χ0n) is 22.8. The van der Waals surface area contributed by atoms with Gasteiger partial charge in [0.05, 0.1) is 45.1 Å². The highest BCUT2D eigenvalue weighted by molar-refractivity contribution is 7.50. The Morgan fingerprint density at radius 3 is 1.88 bits per heavy atom. The van der Waals surface area contributed by atoms with E-state index in [1.54, 1.807) is 23.9 Å². The van der Waals surface area contributed by atoms with Gasteiger partial charge in [0.2, 0.25) is 6.29 Å². The van der Waals surface area contributed by atoms with E-state index in [0.29, 0.717) is 54.0 Å². The number of hydrogen-bond acceptors (Lipinski definition) is 15. The van der Waals surface area contributed by atoms with Crippen LogP contribution in [0.25, 0.3) is 22.3 Å². The van der Waals surface area contributed by atoms with Gasteiger partial charge in [-0.05, 0) is 0 Å². The molecule has 0 aliphatic carbocycles. The summed E-state index contributed by atoms with van der Waals surface area (Å²) in [6.07, 6.45) is 3.99. The fraction of sp³-hybridized carbons (Fsp3) is 0.524. The molecule has 0 radical (unpaired) electrons. The molecular formula is C21H32N11O8P2+. The fourth-order valence-corrected chi connectivity index (χ4v) is 5.48. The molecule has 2 saturated heterocycles. The average Bonchev–Trinajstić information content (AvgIpc) is 3.69. The lowest BCUT2D eigenvalue weighted by molar-refractivity contribution is -0.197. The monoisotopic (exact) mass is 628 g/mol. The van der Waals surface area contributed by atoms with Gasteiger partial charge in [0.25, 0.3) is 0 Å². The first-order valence-corrected chi connectivity index (χ1v) is 16.0. The lowest BCUT2D eigenvalue weighted by Gasteiger charge is -2.19. The van der Waals surface area contributed by atoms with Gasteiger partial charge in [-0.3, -0.25) is 0 Å². The molecule has 6 unspecified atom stereocenters. The second-order valence-electron chi connectivity index (χ2n) is 9.33. The van der Waals surface area contributed by atoms with Crippen molar-refractivity contribution < 1.29 is 37.9 Å². The third-order valence-electron chi connectivity index (χ3n) is 6.07. The molecule has 0 bridgehead atoms. The number of rotatable bonds is 8. The average molecular weight is 629 g/mol. The molecule has 2 aliphatic rings. The smallest absolute Gasteiger partial charge is 0.340 e. The van der Waals surface area contributed by atoms with Gasteiger partial charge in [0.1, 0.15) is 50.2 Å². The number of nitrogen functional groups attached to an aromatic ring is 2. The third kappa shape index (κ3) is 7.77. The van der Waals surface area contributed by atoms with Crippen molar-refractivity contribution in [3.8, 4) is 0 Å². The number of hydrogen-bond donors (Lipinski definition) is 4. The zero-order valence-corrected chi connectivity index (χ0v) is 24.6. The van der Waals surface area contributed by atoms with E-state index in [0.717, 1.165) is 0 Å². The van der Waals surface area contributed by atoms with Crippen molar-refractivity contribution in [2.45, 2.75) is 37.9 Å². The Kier molecular flexibility index (Phi) is 10.1. The molecule has 228 valence electrons. The van der Waals surface area contributed by atoms with E-state index in [4.69, 9.17) is 35.3 Å². The van der Waals surface area contributed by atoms with Crippen molar-refractivity contribution >= 4 is 49.4 Å². The molecule has 6 atom stereocenters. The van der Waals surface area contributed by atoms with Gasteiger partial charge in [-0.25, -0.2) is 29.9 Å². The number of nitrogens with two attached hydrogens (primary N) is 2. The van der Waals surface area contributed by atoms with Crippen LogP contribution in [0.15, 0.2) is 25.3 Å². The second-order valence-corrected chi connectivity index (χ2v) is 12.6. The summed E-state index contributed by atoms with van der Waals surface area (Å²) in [7, 11) is -5.68. The van der Waals surface area contributed by atoms with Gasteiger partial charge in [0.15, 0.2) is 35.4 Å². The molecule has 6 rings (SSSR count). The van der Waals surface area contributed by atoms with Crippen LogP contribution in [0.3, 0.4) is 0 Å². The minimum Gasteiger partial charge on any atom is -0.778 e. The van der Waals surface area contributed by atoms with Crippen molar-refractivity contribution in [2.75, 3.05) is 43.7 Å². The van der Waals surface area contributed by atoms with Crippen LogP contribution in [0, 0.1) is 0 Å². The Hall–Kier alpha value is -3.25. The summed E-state index contributed by atoms with van der Waals surface area (Å²) in [6.45, 7) is 3.28. The van der Waals surface area contributed by atoms with Gasteiger partial charge in [-0.2, -0.15) is 0 Å². The molecule has 4 aromatic heterocycles. The highest BCUT2D eigenvalue weighted by atomic mass is 31.2. The number of nitrogens with zero attached hydrogens (tertiary/aromatic N) is 8. The predicted octanol–water partition coefficient (Wildman–Crippen LogP) is -0.321. The van der Waals surface area contributed by atoms with Gasteiger partial charge < -0.3 is 60.1 Å². The summed E-state index contributed by atoms with van der Waals surface area (Å²) in [6, 6.07) is 0. The predicted molar refractivity (Wildman–Crippen MR) is 148 cm³/mol. The molecule has 0 saturated carbocycles. The van der Waals surface area contributed by atoms with Gasteiger partial charge in [-0.15, -0.1) is 0 Å². The summed E-state index contributed by atoms with van der Waals surface area (Å²) in [5, 5.41) is 0. The maximum atomic E-state index is 11.2. The SMILES string of the molecule is C[P+](=O)CC1OCC(Cn2cnc3c(N)ncnc32)O1.Nc1ncnc2c1ncn2CC1COC(CP(=O)([O-])O)O1.[NH4+]. The molecule has 9 N–H and O–H groups in total. The van der Waals surface area contributed by atoms with Crippen LogP contribution in [0.1, 0.15) is 0 Å². The van der Waals surface area contributed by atoms with Crippen LogP contribution in [0.2, 0.25) is 0 Å². The molecule has 21 heteroatoms. The molecule has 0 spiro atoms. The summed E-state index contributed by atoms with van der Waals surface area (Å²) in [5.41, 5.74) is 13.7. The van der Waals surface area contributed by atoms with Gasteiger partial charge >= 0.3 is 7.80 Å². The first-order chi connectivity index (χ1) is 19.6. The topological polar surface area (TPSA) is 290 Å². The summed E-state index contributed by atoms with van der Waals surface area (Å²) in [4.78, 5) is 43.9. The highest BCUT2D eigenvalue weighted by Crippen LogP contribution is 2.33. The standard InChI is InChI=1S/C11H15N5O3P.C10H14N5O5P.H3N/c1-20(17)4-8-18-3-7(19-8)2-16-6-15-9-10(12)13-5-14-11(9)16;11-9-8-10(13-4-12-9)15(5-14-8)1-6-2-19-7(20-6)3-21(16,17)18;/h5-8H,2-4H2,1H3,(H2,12,13,14);4-7H,1-3H2,(H2,11,12,13)(H2,16,17,18);1H3/q+1;;. The molecule has 42 heavy (non-hydrogen) atoms. The maximum Gasteiger partial charge on any atom is 0.340 e. The zero-order chi connectivity index (χ0) is 29.1. The lowest BCUT2D eigenvalue weighted by Crippen LogP contribution is -2.22. The molecule has 4 aromatic rings. The molecule has 2 aliphatic heterocycles. The Bertz CT molecular complexity index is 1580. The Morgan fingerprint density at radius 2 is 1.40 bits per heavy atom. The van der Waals surface area contributed by atoms with Gasteiger partial charge in [0, 0.05) is 0 Å². The van der Waals surface area contributed by atoms with Crippen molar-refractivity contribution in [1.29, 1.82) is 0 Å². The van der Waals surface area contributed by atoms with E-state index in [2.05, 4.69) is 29.9 Å². The first kappa shape index (κ1) is 31.7. The quantitative estimate of drug-likeness (QED) is 0.182. The van der Waals surface area contributed by atoms with Crippen LogP contribution in [-0.2, 0) is 41.2 Å². The van der Waals surface area contributed by atoms with Crippen molar-refractivity contribution in [1.82, 2.24) is 45.2 Å². The number of imidazole rings is 2. The highest BCUT2D eigenvalue weighted by Gasteiger charge is 2.31. The van der Waals surface area contributed by atoms with Crippen molar-refractivity contribution in [3.05, 3.63) is 25.3 Å². The molecule has 19 nitrogen and oxygen atoms in total. The normalized spacial score (nSPS) is 23.7. The Labute approximate surface area is 239 Å². The van der Waals surface area contributed by atoms with Crippen molar-refractivity contribution in [2.24, 2.45) is 0 Å². The van der Waals surface area contributed by atoms with E-state index in [1.165, 1.54) is 12.7 Å². The number of anilines is 2. The van der Waals surface area contributed by atoms with E-state index < -0.39 is 27.8 Å². The fourth-order valence-electron chi connectivity index (χ4n) is 4.30. The van der Waals surface area contributed by atoms with E-state index in [-0.39, 0.29) is 37.1 Å². The number of ether oxygens (including phenoxy) is 4. The van der Waals surface area contributed by atoms with Crippen LogP contribution in [-0.4, -0.2) is 101 Å². The van der Waals surface area contributed by atoms with Gasteiger partial charge in [-0.1, -0.05) is 4.57 Å². The third-order valence-corrected chi connectivity index (χ3v) is 7.64. The summed E-state index contributed by atoms with van der Waals surface area (Å²) < 4.78 is 47.3. The van der Waals surface area contributed by atoms with E-state index in [9.17, 15) is 14.0 Å². The minimum atomic E-state index is -4.41. The Balaban J connectivity index is 0.000000189. The van der Waals surface area contributed by atoms with Crippen molar-refractivity contribution in [3.63, 3.8) is 0 Å². The summed E-state index contributed by atoms with van der Waals surface area (Å²) in [5.74, 6) is 0.644. The maximum absolute atomic E-state index is 11.2. The summed E-state index contributed by atoms with van der Waals surface area (Å²) >= 11 is 0. The van der Waals surface area contributed by atoms with E-state index >= 15 is 0 Å². The van der Waals surface area contributed by atoms with Crippen LogP contribution >= 0.6 is 15.4 Å². The minimum absolute atomic E-state index is 0. The number of aromatic nitrogens is 8. The first-order valence-electron chi connectivity index (χ1n) is 12.3. The second kappa shape index (κ2) is 13.4.